The Labute approximate surface area is 95.1 Å². The summed E-state index contributed by atoms with van der Waals surface area (Å²) in [6.45, 7) is 0. The van der Waals surface area contributed by atoms with E-state index in [0.29, 0.717) is 0 Å². The third-order valence-electron chi connectivity index (χ3n) is 2.55. The molecule has 2 aromatic carbocycles. The predicted molar refractivity (Wildman–Crippen MR) is 63.0 cm³/mol. The number of fused-ring (bicyclic) bond motifs is 2. The molecular formula is C13H11ClO. The van der Waals surface area contributed by atoms with E-state index in [4.69, 9.17) is 4.74 Å². The zero-order chi connectivity index (χ0) is 9.38. The van der Waals surface area contributed by atoms with E-state index in [9.17, 15) is 0 Å². The molecule has 76 valence electrons. The van der Waals surface area contributed by atoms with E-state index in [-0.39, 0.29) is 12.4 Å². The lowest BCUT2D eigenvalue weighted by Gasteiger charge is -2.19. The fraction of sp³-hybridized carbons (Fsp3) is 0.0769. The van der Waals surface area contributed by atoms with E-state index in [0.717, 1.165) is 17.9 Å². The van der Waals surface area contributed by atoms with Crippen LogP contribution in [0.4, 0.5) is 0 Å². The van der Waals surface area contributed by atoms with Crippen LogP contribution in [-0.4, -0.2) is 0 Å². The van der Waals surface area contributed by atoms with Crippen molar-refractivity contribution in [1.82, 2.24) is 0 Å². The zero-order valence-electron chi connectivity index (χ0n) is 8.14. The highest BCUT2D eigenvalue weighted by Gasteiger charge is 2.14. The Morgan fingerprint density at radius 2 is 1.20 bits per heavy atom. The van der Waals surface area contributed by atoms with Gasteiger partial charge in [-0.3, -0.25) is 0 Å². The van der Waals surface area contributed by atoms with Crippen molar-refractivity contribution in [2.24, 2.45) is 0 Å². The second-order valence-electron chi connectivity index (χ2n) is 3.49. The van der Waals surface area contributed by atoms with Crippen molar-refractivity contribution in [2.45, 2.75) is 6.42 Å². The highest BCUT2D eigenvalue weighted by Crippen LogP contribution is 2.35. The Morgan fingerprint density at radius 1 is 0.733 bits per heavy atom. The molecule has 0 spiro atoms. The molecular weight excluding hydrogens is 208 g/mol. The molecule has 0 bridgehead atoms. The SMILES string of the molecule is Cl.c1ccc2c(c1)Cc1ccccc1O2. The standard InChI is InChI=1S/C13H10O.ClH/c1-3-7-12-10(5-1)9-11-6-2-4-8-13(11)14-12;/h1-8H,9H2;1H. The second kappa shape index (κ2) is 3.95. The number of hydrogen-bond donors (Lipinski definition) is 0. The average molecular weight is 219 g/mol. The van der Waals surface area contributed by atoms with Crippen molar-refractivity contribution < 1.29 is 4.74 Å². The van der Waals surface area contributed by atoms with Crippen LogP contribution in [0.5, 0.6) is 11.5 Å². The van der Waals surface area contributed by atoms with Gasteiger partial charge < -0.3 is 4.74 Å². The van der Waals surface area contributed by atoms with E-state index in [2.05, 4.69) is 24.3 Å². The molecule has 0 N–H and O–H groups in total. The van der Waals surface area contributed by atoms with Gasteiger partial charge in [0.2, 0.25) is 0 Å². The molecule has 0 radical (unpaired) electrons. The summed E-state index contributed by atoms with van der Waals surface area (Å²) in [4.78, 5) is 0. The van der Waals surface area contributed by atoms with Gasteiger partial charge in [-0.25, -0.2) is 0 Å². The summed E-state index contributed by atoms with van der Waals surface area (Å²) < 4.78 is 5.78. The maximum absolute atomic E-state index is 5.78. The second-order valence-corrected chi connectivity index (χ2v) is 3.49. The third-order valence-corrected chi connectivity index (χ3v) is 2.55. The minimum absolute atomic E-state index is 0. The van der Waals surface area contributed by atoms with Crippen LogP contribution in [-0.2, 0) is 6.42 Å². The van der Waals surface area contributed by atoms with Crippen LogP contribution in [0.2, 0.25) is 0 Å². The highest BCUT2D eigenvalue weighted by molar-refractivity contribution is 5.85. The van der Waals surface area contributed by atoms with Crippen molar-refractivity contribution in [1.29, 1.82) is 0 Å². The molecule has 0 fully saturated rings. The lowest BCUT2D eigenvalue weighted by atomic mass is 10.0. The molecule has 0 aromatic heterocycles. The number of benzene rings is 2. The minimum atomic E-state index is 0. The molecule has 2 aromatic rings. The van der Waals surface area contributed by atoms with Crippen LogP contribution in [0.3, 0.4) is 0 Å². The Morgan fingerprint density at radius 3 is 1.73 bits per heavy atom. The van der Waals surface area contributed by atoms with Crippen molar-refractivity contribution in [2.75, 3.05) is 0 Å². The van der Waals surface area contributed by atoms with E-state index in [1.165, 1.54) is 11.1 Å². The highest BCUT2D eigenvalue weighted by atomic mass is 35.5. The maximum Gasteiger partial charge on any atom is 0.130 e. The van der Waals surface area contributed by atoms with E-state index >= 15 is 0 Å². The molecule has 0 saturated heterocycles. The summed E-state index contributed by atoms with van der Waals surface area (Å²) in [5.74, 6) is 1.98. The molecule has 0 saturated carbocycles. The van der Waals surface area contributed by atoms with Gasteiger partial charge in [0.1, 0.15) is 11.5 Å². The molecule has 2 heteroatoms. The fourth-order valence-corrected chi connectivity index (χ4v) is 1.82. The summed E-state index contributed by atoms with van der Waals surface area (Å²) in [6, 6.07) is 16.4. The normalized spacial score (nSPS) is 11.7. The lowest BCUT2D eigenvalue weighted by molar-refractivity contribution is 0.460. The summed E-state index contributed by atoms with van der Waals surface area (Å²) in [5, 5.41) is 0. The third kappa shape index (κ3) is 1.71. The molecule has 1 aliphatic heterocycles. The molecule has 15 heavy (non-hydrogen) atoms. The quantitative estimate of drug-likeness (QED) is 0.558. The molecule has 1 heterocycles. The van der Waals surface area contributed by atoms with Gasteiger partial charge in [-0.2, -0.15) is 0 Å². The first kappa shape index (κ1) is 10.1. The van der Waals surface area contributed by atoms with Gasteiger partial charge in [0.25, 0.3) is 0 Å². The topological polar surface area (TPSA) is 9.23 Å². The first-order valence-corrected chi connectivity index (χ1v) is 4.77. The van der Waals surface area contributed by atoms with Gasteiger partial charge >= 0.3 is 0 Å². The van der Waals surface area contributed by atoms with Crippen LogP contribution in [0.25, 0.3) is 0 Å². The van der Waals surface area contributed by atoms with Gasteiger partial charge in [-0.1, -0.05) is 36.4 Å². The summed E-state index contributed by atoms with van der Waals surface area (Å²) in [5.41, 5.74) is 2.54. The maximum atomic E-state index is 5.78. The molecule has 0 atom stereocenters. The van der Waals surface area contributed by atoms with Crippen LogP contribution >= 0.6 is 12.4 Å². The molecule has 1 aliphatic rings. The average Bonchev–Trinajstić information content (AvgIpc) is 2.26. The smallest absolute Gasteiger partial charge is 0.130 e. The van der Waals surface area contributed by atoms with Gasteiger partial charge in [0, 0.05) is 6.42 Å². The fourth-order valence-electron chi connectivity index (χ4n) is 1.82. The van der Waals surface area contributed by atoms with Crippen molar-refractivity contribution in [3.8, 4) is 11.5 Å². The Balaban J connectivity index is 0.000000853. The predicted octanol–water partition coefficient (Wildman–Crippen LogP) is 3.80. The van der Waals surface area contributed by atoms with Crippen molar-refractivity contribution in [3.05, 3.63) is 59.7 Å². The van der Waals surface area contributed by atoms with Crippen molar-refractivity contribution in [3.63, 3.8) is 0 Å². The Bertz CT molecular complexity index is 392. The minimum Gasteiger partial charge on any atom is -0.457 e. The number of ether oxygens (including phenoxy) is 1. The van der Waals surface area contributed by atoms with Crippen molar-refractivity contribution >= 4 is 12.4 Å². The first-order chi connectivity index (χ1) is 6.93. The largest absolute Gasteiger partial charge is 0.457 e. The van der Waals surface area contributed by atoms with Crippen LogP contribution in [0, 0.1) is 0 Å². The Hall–Kier alpha value is -1.47. The number of halogens is 1. The van der Waals surface area contributed by atoms with Gasteiger partial charge in [-0.15, -0.1) is 12.4 Å². The molecule has 0 amide bonds. The molecule has 0 aliphatic carbocycles. The first-order valence-electron chi connectivity index (χ1n) is 4.77. The monoisotopic (exact) mass is 218 g/mol. The number of hydrogen-bond acceptors (Lipinski definition) is 1. The van der Waals surface area contributed by atoms with E-state index in [1.54, 1.807) is 0 Å². The lowest BCUT2D eigenvalue weighted by Crippen LogP contribution is -2.01. The number of para-hydroxylation sites is 2. The van der Waals surface area contributed by atoms with Crippen LogP contribution < -0.4 is 4.74 Å². The summed E-state index contributed by atoms with van der Waals surface area (Å²) >= 11 is 0. The zero-order valence-corrected chi connectivity index (χ0v) is 8.96. The summed E-state index contributed by atoms with van der Waals surface area (Å²) in [6.07, 6.45) is 0.979. The van der Waals surface area contributed by atoms with E-state index < -0.39 is 0 Å². The van der Waals surface area contributed by atoms with E-state index in [1.807, 2.05) is 24.3 Å². The molecule has 1 nitrogen and oxygen atoms in total. The van der Waals surface area contributed by atoms with Gasteiger partial charge in [-0.05, 0) is 23.3 Å². The molecule has 3 rings (SSSR count). The molecule has 0 unspecified atom stereocenters. The van der Waals surface area contributed by atoms with Gasteiger partial charge in [0.05, 0.1) is 0 Å². The number of rotatable bonds is 0. The van der Waals surface area contributed by atoms with Crippen LogP contribution in [0.1, 0.15) is 11.1 Å². The Kier molecular flexibility index (Phi) is 2.65. The van der Waals surface area contributed by atoms with Crippen LogP contribution in [0.15, 0.2) is 48.5 Å². The summed E-state index contributed by atoms with van der Waals surface area (Å²) in [7, 11) is 0. The van der Waals surface area contributed by atoms with Gasteiger partial charge in [0.15, 0.2) is 0 Å².